The minimum Gasteiger partial charge on any atom is -0.462 e. The first-order valence-corrected chi connectivity index (χ1v) is 15.8. The van der Waals surface area contributed by atoms with Gasteiger partial charge in [-0.3, -0.25) is 4.79 Å². The number of hydrogen-bond donors (Lipinski definition) is 3. The SMILES string of the molecule is CO[C@@H]1[C@H](O)[C@H](O[C@@H]2CC[C@@]3(C)[C@H](CC[C@@H]4[C@@H]3CC[C@]3(C)[C@@H](C5=CC(=O)OC5)[C@@H](OC(C)=O)C[C@@]43O)C2)O[C@@H](C)[C@@H]1O. The minimum absolute atomic E-state index is 0.0190. The largest absolute Gasteiger partial charge is 0.462 e. The smallest absolute Gasteiger partial charge is 0.331 e. The fraction of sp³-hybridized carbons (Fsp3) is 0.875. The summed E-state index contributed by atoms with van der Waals surface area (Å²) in [4.78, 5) is 24.2. The molecule has 0 radical (unpaired) electrons. The quantitative estimate of drug-likeness (QED) is 0.322. The number of fused-ring (bicyclic) bond motifs is 5. The summed E-state index contributed by atoms with van der Waals surface area (Å²) in [6, 6.07) is 0. The predicted octanol–water partition coefficient (Wildman–Crippen LogP) is 2.65. The Bertz CT molecular complexity index is 1110. The number of cyclic esters (lactones) is 1. The molecule has 0 aromatic rings. The highest BCUT2D eigenvalue weighted by Crippen LogP contribution is 2.70. The molecule has 0 aromatic carbocycles. The summed E-state index contributed by atoms with van der Waals surface area (Å²) in [6.07, 6.45) is 3.36. The van der Waals surface area contributed by atoms with Crippen molar-refractivity contribution in [3.63, 3.8) is 0 Å². The van der Waals surface area contributed by atoms with Crippen molar-refractivity contribution < 1.29 is 48.6 Å². The maximum absolute atomic E-state index is 12.7. The monoisotopic (exact) mass is 592 g/mol. The molecule has 0 amide bonds. The molecule has 2 aliphatic heterocycles. The Balaban J connectivity index is 1.20. The molecule has 1 saturated heterocycles. The van der Waals surface area contributed by atoms with Crippen LogP contribution in [0.15, 0.2) is 11.6 Å². The van der Waals surface area contributed by atoms with E-state index in [0.29, 0.717) is 18.3 Å². The van der Waals surface area contributed by atoms with E-state index in [1.54, 1.807) is 6.92 Å². The van der Waals surface area contributed by atoms with Crippen molar-refractivity contribution in [1.29, 1.82) is 0 Å². The van der Waals surface area contributed by atoms with E-state index >= 15 is 0 Å². The van der Waals surface area contributed by atoms with Crippen molar-refractivity contribution >= 4 is 11.9 Å². The molecule has 10 heteroatoms. The van der Waals surface area contributed by atoms with Gasteiger partial charge >= 0.3 is 11.9 Å². The van der Waals surface area contributed by atoms with Crippen LogP contribution in [0.2, 0.25) is 0 Å². The Morgan fingerprint density at radius 1 is 1.07 bits per heavy atom. The third kappa shape index (κ3) is 4.58. The van der Waals surface area contributed by atoms with Gasteiger partial charge in [0.1, 0.15) is 31.0 Å². The highest BCUT2D eigenvalue weighted by molar-refractivity contribution is 5.85. The molecular weight excluding hydrogens is 544 g/mol. The molecule has 14 atom stereocenters. The van der Waals surface area contributed by atoms with Crippen LogP contribution in [-0.4, -0.2) is 89.5 Å². The molecule has 4 saturated carbocycles. The molecule has 3 N–H and O–H groups in total. The Kier molecular flexibility index (Phi) is 7.84. The molecular formula is C32H48O10. The Morgan fingerprint density at radius 2 is 1.83 bits per heavy atom. The Hall–Kier alpha value is -1.56. The molecule has 0 spiro atoms. The van der Waals surface area contributed by atoms with Gasteiger partial charge in [-0.25, -0.2) is 4.79 Å². The van der Waals surface area contributed by atoms with E-state index in [1.807, 2.05) is 0 Å². The average Bonchev–Trinajstić information content (AvgIpc) is 3.44. The van der Waals surface area contributed by atoms with E-state index in [1.165, 1.54) is 20.1 Å². The lowest BCUT2D eigenvalue weighted by molar-refractivity contribution is -0.313. The number of rotatable bonds is 5. The number of ether oxygens (including phenoxy) is 5. The summed E-state index contributed by atoms with van der Waals surface area (Å²) in [5.74, 6) is -0.234. The number of aliphatic hydroxyl groups is 3. The van der Waals surface area contributed by atoms with Crippen molar-refractivity contribution in [3.8, 4) is 0 Å². The molecule has 4 aliphatic carbocycles. The maximum Gasteiger partial charge on any atom is 0.331 e. The van der Waals surface area contributed by atoms with Crippen molar-refractivity contribution in [2.24, 2.45) is 34.5 Å². The average molecular weight is 593 g/mol. The fourth-order valence-electron chi connectivity index (χ4n) is 10.4. The molecule has 0 aromatic heterocycles. The maximum atomic E-state index is 12.7. The minimum atomic E-state index is -1.08. The van der Waals surface area contributed by atoms with Crippen LogP contribution >= 0.6 is 0 Å². The summed E-state index contributed by atoms with van der Waals surface area (Å²) in [7, 11) is 1.47. The molecule has 0 bridgehead atoms. The predicted molar refractivity (Wildman–Crippen MR) is 149 cm³/mol. The zero-order chi connectivity index (χ0) is 30.2. The van der Waals surface area contributed by atoms with Gasteiger partial charge in [0.15, 0.2) is 6.29 Å². The van der Waals surface area contributed by atoms with Gasteiger partial charge < -0.3 is 39.0 Å². The van der Waals surface area contributed by atoms with E-state index in [2.05, 4.69) is 13.8 Å². The summed E-state index contributed by atoms with van der Waals surface area (Å²) in [6.45, 7) is 7.85. The van der Waals surface area contributed by atoms with Crippen LogP contribution in [0.5, 0.6) is 0 Å². The van der Waals surface area contributed by atoms with Crippen molar-refractivity contribution in [1.82, 2.24) is 0 Å². The molecule has 6 rings (SSSR count). The number of aliphatic hydroxyl groups excluding tert-OH is 2. The van der Waals surface area contributed by atoms with E-state index in [9.17, 15) is 24.9 Å². The lowest BCUT2D eigenvalue weighted by atomic mass is 9.43. The first-order valence-electron chi connectivity index (χ1n) is 15.8. The first-order chi connectivity index (χ1) is 19.8. The standard InChI is InChI=1S/C32H48O10/c1-16-26(35)28(38-5)27(36)29(40-16)42-20-8-10-30(3)19(13-20)6-7-22-21(30)9-11-31(4)25(18-12-24(34)39-15-18)23(41-17(2)33)14-32(22,31)37/h12,16,19-23,25-29,35-37H,6-11,13-15H2,1-5H3/t16-,19+,20+,21-,22+,23-,25-,26-,27-,28-,29-,30-,31+,32+/m0/s1. The van der Waals surface area contributed by atoms with E-state index in [0.717, 1.165) is 50.5 Å². The highest BCUT2D eigenvalue weighted by Gasteiger charge is 2.71. The molecule has 2 heterocycles. The van der Waals surface area contributed by atoms with Gasteiger partial charge in [-0.2, -0.15) is 0 Å². The van der Waals surface area contributed by atoms with Gasteiger partial charge in [0.05, 0.1) is 17.8 Å². The Morgan fingerprint density at radius 3 is 2.50 bits per heavy atom. The number of esters is 2. The normalized spacial score (nSPS) is 52.0. The second-order valence-electron chi connectivity index (χ2n) is 14.5. The third-order valence-corrected chi connectivity index (χ3v) is 12.6. The van der Waals surface area contributed by atoms with E-state index in [4.69, 9.17) is 23.7 Å². The van der Waals surface area contributed by atoms with Gasteiger partial charge in [-0.15, -0.1) is 0 Å². The van der Waals surface area contributed by atoms with Gasteiger partial charge in [-0.1, -0.05) is 13.8 Å². The number of carbonyl (C=O) groups excluding carboxylic acids is 2. The lowest BCUT2D eigenvalue weighted by Gasteiger charge is -2.63. The summed E-state index contributed by atoms with van der Waals surface area (Å²) >= 11 is 0. The van der Waals surface area contributed by atoms with Crippen LogP contribution in [0.4, 0.5) is 0 Å². The fourth-order valence-corrected chi connectivity index (χ4v) is 10.4. The highest BCUT2D eigenvalue weighted by atomic mass is 16.7. The van der Waals surface area contributed by atoms with Crippen molar-refractivity contribution in [2.75, 3.05) is 13.7 Å². The van der Waals surface area contributed by atoms with E-state index in [-0.39, 0.29) is 41.9 Å². The van der Waals surface area contributed by atoms with Crippen LogP contribution in [0.1, 0.15) is 79.1 Å². The topological polar surface area (TPSA) is 141 Å². The second-order valence-corrected chi connectivity index (χ2v) is 14.5. The molecule has 0 unspecified atom stereocenters. The van der Waals surface area contributed by atoms with Gasteiger partial charge in [-0.05, 0) is 80.6 Å². The zero-order valence-electron chi connectivity index (χ0n) is 25.5. The summed E-state index contributed by atoms with van der Waals surface area (Å²) in [5.41, 5.74) is -0.720. The summed E-state index contributed by atoms with van der Waals surface area (Å²) < 4.78 is 28.7. The molecule has 10 nitrogen and oxygen atoms in total. The number of hydrogen-bond acceptors (Lipinski definition) is 10. The number of methoxy groups -OCH3 is 1. The van der Waals surface area contributed by atoms with Crippen LogP contribution in [0.25, 0.3) is 0 Å². The van der Waals surface area contributed by atoms with Crippen LogP contribution in [0, 0.1) is 34.5 Å². The summed E-state index contributed by atoms with van der Waals surface area (Å²) in [5, 5.41) is 33.8. The van der Waals surface area contributed by atoms with Gasteiger partial charge in [0.2, 0.25) is 0 Å². The van der Waals surface area contributed by atoms with Crippen molar-refractivity contribution in [2.45, 2.75) is 128 Å². The second kappa shape index (κ2) is 10.8. The number of carbonyl (C=O) groups is 2. The van der Waals surface area contributed by atoms with Crippen LogP contribution in [0.3, 0.4) is 0 Å². The van der Waals surface area contributed by atoms with Gasteiger partial charge in [0, 0.05) is 37.9 Å². The van der Waals surface area contributed by atoms with E-state index < -0.39 is 47.8 Å². The first kappa shape index (κ1) is 30.5. The van der Waals surface area contributed by atoms with Crippen LogP contribution in [-0.2, 0) is 33.3 Å². The third-order valence-electron chi connectivity index (χ3n) is 12.6. The zero-order valence-corrected chi connectivity index (χ0v) is 25.5. The molecule has 6 aliphatic rings. The molecule has 236 valence electrons. The van der Waals surface area contributed by atoms with Crippen molar-refractivity contribution in [3.05, 3.63) is 11.6 Å². The van der Waals surface area contributed by atoms with Gasteiger partial charge in [0.25, 0.3) is 0 Å². The Labute approximate surface area is 248 Å². The lowest BCUT2D eigenvalue weighted by Crippen LogP contribution is -2.62. The molecule has 5 fully saturated rings. The molecule has 42 heavy (non-hydrogen) atoms. The van der Waals surface area contributed by atoms with Crippen LogP contribution < -0.4 is 0 Å².